The van der Waals surface area contributed by atoms with Crippen LogP contribution in [0.25, 0.3) is 10.9 Å². The fourth-order valence-electron chi connectivity index (χ4n) is 2.91. The average Bonchev–Trinajstić information content (AvgIpc) is 2.75. The normalized spacial score (nSPS) is 10.4. The van der Waals surface area contributed by atoms with Gasteiger partial charge in [0.15, 0.2) is 0 Å². The fourth-order valence-corrected chi connectivity index (χ4v) is 2.91. The maximum atomic E-state index is 12.7. The highest BCUT2D eigenvalue weighted by molar-refractivity contribution is 6.07. The van der Waals surface area contributed by atoms with Crippen LogP contribution in [-0.4, -0.2) is 26.8 Å². The van der Waals surface area contributed by atoms with Gasteiger partial charge in [-0.2, -0.15) is 0 Å². The van der Waals surface area contributed by atoms with E-state index in [9.17, 15) is 9.59 Å². The van der Waals surface area contributed by atoms with Crippen LogP contribution in [0.15, 0.2) is 73.1 Å². The number of pyridine rings is 1. The second-order valence-electron chi connectivity index (χ2n) is 6.48. The van der Waals surface area contributed by atoms with Gasteiger partial charge in [0, 0.05) is 36.1 Å². The van der Waals surface area contributed by atoms with Crippen molar-refractivity contribution in [1.82, 2.24) is 15.0 Å². The number of rotatable bonds is 5. The summed E-state index contributed by atoms with van der Waals surface area (Å²) in [5, 5.41) is 9.54. The van der Waals surface area contributed by atoms with Gasteiger partial charge in [0.2, 0.25) is 11.9 Å². The van der Waals surface area contributed by atoms with Gasteiger partial charge < -0.3 is 16.0 Å². The van der Waals surface area contributed by atoms with Crippen LogP contribution in [0.4, 0.5) is 23.0 Å². The van der Waals surface area contributed by atoms with Gasteiger partial charge in [0.05, 0.1) is 11.2 Å². The average molecular weight is 398 g/mol. The van der Waals surface area contributed by atoms with Crippen LogP contribution in [0.2, 0.25) is 0 Å². The molecule has 2 aromatic carbocycles. The molecule has 4 rings (SSSR count). The van der Waals surface area contributed by atoms with Crippen molar-refractivity contribution in [2.75, 3.05) is 16.0 Å². The second kappa shape index (κ2) is 8.36. The molecule has 3 N–H and O–H groups in total. The first-order valence-electron chi connectivity index (χ1n) is 9.21. The first kappa shape index (κ1) is 19.0. The Morgan fingerprint density at radius 2 is 1.57 bits per heavy atom. The lowest BCUT2D eigenvalue weighted by molar-refractivity contribution is -0.114. The number of hydrogen-bond donors (Lipinski definition) is 3. The zero-order valence-corrected chi connectivity index (χ0v) is 16.1. The van der Waals surface area contributed by atoms with Crippen molar-refractivity contribution in [2.45, 2.75) is 6.92 Å². The molecule has 0 aliphatic heterocycles. The van der Waals surface area contributed by atoms with Crippen molar-refractivity contribution in [3.05, 3.63) is 78.8 Å². The lowest BCUT2D eigenvalue weighted by Gasteiger charge is -2.09. The molecule has 0 aliphatic rings. The smallest absolute Gasteiger partial charge is 0.274 e. The summed E-state index contributed by atoms with van der Waals surface area (Å²) in [6.07, 6.45) is 3.19. The number of fused-ring (bicyclic) bond motifs is 1. The number of aromatic nitrogens is 3. The van der Waals surface area contributed by atoms with E-state index >= 15 is 0 Å². The number of carbonyl (C=O) groups excluding carboxylic acids is 2. The van der Waals surface area contributed by atoms with Crippen molar-refractivity contribution in [3.63, 3.8) is 0 Å². The summed E-state index contributed by atoms with van der Waals surface area (Å²) < 4.78 is 0. The van der Waals surface area contributed by atoms with Crippen molar-refractivity contribution in [1.29, 1.82) is 0 Å². The Hall–Kier alpha value is -4.33. The van der Waals surface area contributed by atoms with E-state index in [1.54, 1.807) is 42.6 Å². The lowest BCUT2D eigenvalue weighted by atomic mass is 10.2. The summed E-state index contributed by atoms with van der Waals surface area (Å²) in [6, 6.07) is 18.0. The predicted octanol–water partition coefficient (Wildman–Crippen LogP) is 3.98. The molecule has 4 aromatic rings. The van der Waals surface area contributed by atoms with Gasteiger partial charge in [0.25, 0.3) is 5.91 Å². The van der Waals surface area contributed by atoms with E-state index < -0.39 is 0 Å². The SMILES string of the molecule is CC(=O)Nc1ccc(Nc2nccc(C(=O)Nc3cccc4cccnc34)n2)cc1. The number of nitrogens with zero attached hydrogens (tertiary/aromatic N) is 3. The molecule has 8 heteroatoms. The van der Waals surface area contributed by atoms with Gasteiger partial charge in [-0.1, -0.05) is 18.2 Å². The number of anilines is 4. The van der Waals surface area contributed by atoms with Gasteiger partial charge in [0.1, 0.15) is 5.69 Å². The standard InChI is InChI=1S/C22H18N6O2/c1-14(29)25-16-7-9-17(10-8-16)26-22-24-13-11-19(28-22)21(30)27-18-6-2-4-15-5-3-12-23-20(15)18/h2-13H,1H3,(H,25,29)(H,27,30)(H,24,26,28). The van der Waals surface area contributed by atoms with E-state index in [-0.39, 0.29) is 23.5 Å². The minimum atomic E-state index is -0.361. The Labute approximate surface area is 172 Å². The zero-order valence-electron chi connectivity index (χ0n) is 16.1. The second-order valence-corrected chi connectivity index (χ2v) is 6.48. The van der Waals surface area contributed by atoms with E-state index in [1.165, 1.54) is 13.1 Å². The predicted molar refractivity (Wildman–Crippen MR) is 116 cm³/mol. The molecule has 2 amide bonds. The third-order valence-electron chi connectivity index (χ3n) is 4.23. The molecule has 0 saturated heterocycles. The van der Waals surface area contributed by atoms with Gasteiger partial charge in [-0.05, 0) is 42.5 Å². The lowest BCUT2D eigenvalue weighted by Crippen LogP contribution is -2.15. The first-order valence-corrected chi connectivity index (χ1v) is 9.21. The molecule has 0 fully saturated rings. The molecule has 2 heterocycles. The summed E-state index contributed by atoms with van der Waals surface area (Å²) >= 11 is 0. The molecule has 8 nitrogen and oxygen atoms in total. The number of benzene rings is 2. The molecule has 0 unspecified atom stereocenters. The summed E-state index contributed by atoms with van der Waals surface area (Å²) in [5.41, 5.74) is 2.95. The van der Waals surface area contributed by atoms with E-state index in [0.29, 0.717) is 16.9 Å². The van der Waals surface area contributed by atoms with Crippen LogP contribution in [0.1, 0.15) is 17.4 Å². The Kier molecular flexibility index (Phi) is 5.29. The topological polar surface area (TPSA) is 109 Å². The molecule has 0 radical (unpaired) electrons. The van der Waals surface area contributed by atoms with Crippen LogP contribution in [0.3, 0.4) is 0 Å². The van der Waals surface area contributed by atoms with Crippen LogP contribution >= 0.6 is 0 Å². The molecule has 0 atom stereocenters. The minimum absolute atomic E-state index is 0.140. The van der Waals surface area contributed by atoms with Gasteiger partial charge >= 0.3 is 0 Å². The molecular weight excluding hydrogens is 380 g/mol. The molecule has 30 heavy (non-hydrogen) atoms. The summed E-state index contributed by atoms with van der Waals surface area (Å²) in [6.45, 7) is 1.45. The summed E-state index contributed by atoms with van der Waals surface area (Å²) in [5.74, 6) is -0.218. The monoisotopic (exact) mass is 398 g/mol. The summed E-state index contributed by atoms with van der Waals surface area (Å²) in [4.78, 5) is 36.6. The summed E-state index contributed by atoms with van der Waals surface area (Å²) in [7, 11) is 0. The molecule has 0 saturated carbocycles. The number of para-hydroxylation sites is 1. The van der Waals surface area contributed by atoms with Crippen LogP contribution < -0.4 is 16.0 Å². The van der Waals surface area contributed by atoms with E-state index in [4.69, 9.17) is 0 Å². The molecule has 148 valence electrons. The Balaban J connectivity index is 1.50. The van der Waals surface area contributed by atoms with Crippen LogP contribution in [-0.2, 0) is 4.79 Å². The molecule has 0 bridgehead atoms. The molecule has 2 aromatic heterocycles. The molecule has 0 aliphatic carbocycles. The van der Waals surface area contributed by atoms with Gasteiger partial charge in [-0.3, -0.25) is 14.6 Å². The Bertz CT molecular complexity index is 1220. The highest BCUT2D eigenvalue weighted by Gasteiger charge is 2.12. The fraction of sp³-hybridized carbons (Fsp3) is 0.0455. The van der Waals surface area contributed by atoms with E-state index in [2.05, 4.69) is 30.9 Å². The van der Waals surface area contributed by atoms with Crippen molar-refractivity contribution in [3.8, 4) is 0 Å². The highest BCUT2D eigenvalue weighted by atomic mass is 16.2. The van der Waals surface area contributed by atoms with Crippen LogP contribution in [0, 0.1) is 0 Å². The first-order chi connectivity index (χ1) is 14.6. The largest absolute Gasteiger partial charge is 0.326 e. The quantitative estimate of drug-likeness (QED) is 0.469. The van der Waals surface area contributed by atoms with Crippen LogP contribution in [0.5, 0.6) is 0 Å². The number of nitrogens with one attached hydrogen (secondary N) is 3. The third kappa shape index (κ3) is 4.39. The van der Waals surface area contributed by atoms with Gasteiger partial charge in [-0.15, -0.1) is 0 Å². The Morgan fingerprint density at radius 1 is 0.800 bits per heavy atom. The number of amides is 2. The molecular formula is C22H18N6O2. The number of carbonyl (C=O) groups is 2. The Morgan fingerprint density at radius 3 is 2.37 bits per heavy atom. The van der Waals surface area contributed by atoms with E-state index in [0.717, 1.165) is 11.1 Å². The van der Waals surface area contributed by atoms with Gasteiger partial charge in [-0.25, -0.2) is 9.97 Å². The number of hydrogen-bond acceptors (Lipinski definition) is 6. The zero-order chi connectivity index (χ0) is 20.9. The van der Waals surface area contributed by atoms with Crippen molar-refractivity contribution >= 4 is 45.7 Å². The highest BCUT2D eigenvalue weighted by Crippen LogP contribution is 2.21. The van der Waals surface area contributed by atoms with Crippen molar-refractivity contribution < 1.29 is 9.59 Å². The third-order valence-corrected chi connectivity index (χ3v) is 4.23. The maximum Gasteiger partial charge on any atom is 0.274 e. The minimum Gasteiger partial charge on any atom is -0.326 e. The molecule has 0 spiro atoms. The maximum absolute atomic E-state index is 12.7. The van der Waals surface area contributed by atoms with Crippen molar-refractivity contribution in [2.24, 2.45) is 0 Å². The van der Waals surface area contributed by atoms with E-state index in [1.807, 2.05) is 24.3 Å².